The van der Waals surface area contributed by atoms with Crippen molar-refractivity contribution < 1.29 is 32.2 Å². The number of halogens is 5. The van der Waals surface area contributed by atoms with Crippen LogP contribution in [0.5, 0.6) is 6.01 Å². The van der Waals surface area contributed by atoms with E-state index < -0.39 is 36.7 Å². The normalized spacial score (nSPS) is 18.9. The van der Waals surface area contributed by atoms with E-state index in [0.29, 0.717) is 18.4 Å². The van der Waals surface area contributed by atoms with Crippen LogP contribution < -0.4 is 9.64 Å². The van der Waals surface area contributed by atoms with E-state index in [1.165, 1.54) is 23.2 Å². The molecule has 2 fully saturated rings. The number of pyridine rings is 1. The van der Waals surface area contributed by atoms with E-state index in [2.05, 4.69) is 15.0 Å². The maximum atomic E-state index is 16.6. The zero-order valence-electron chi connectivity index (χ0n) is 24.3. The molecule has 4 heterocycles. The van der Waals surface area contributed by atoms with Crippen LogP contribution in [0.4, 0.5) is 28.2 Å². The van der Waals surface area contributed by atoms with Crippen LogP contribution in [0.1, 0.15) is 19.3 Å². The molecule has 0 aliphatic carbocycles. The van der Waals surface area contributed by atoms with Crippen LogP contribution in [0.25, 0.3) is 32.9 Å². The second kappa shape index (κ2) is 13.1. The van der Waals surface area contributed by atoms with Gasteiger partial charge in [0.05, 0.1) is 35.5 Å². The summed E-state index contributed by atoms with van der Waals surface area (Å²) in [4.78, 5) is 29.7. The molecule has 15 heteroatoms. The summed E-state index contributed by atoms with van der Waals surface area (Å²) in [7, 11) is 0. The van der Waals surface area contributed by atoms with Gasteiger partial charge in [-0.05, 0) is 30.8 Å². The van der Waals surface area contributed by atoms with E-state index in [-0.39, 0.29) is 83.1 Å². The molecule has 2 atom stereocenters. The molecule has 0 spiro atoms. The molecule has 240 valence electrons. The minimum Gasteiger partial charge on any atom is -0.465 e. The largest absolute Gasteiger partial charge is 0.465 e. The second-order valence-electron chi connectivity index (χ2n) is 11.2. The first-order valence-corrected chi connectivity index (χ1v) is 15.0. The molecule has 2 aliphatic heterocycles. The molecule has 1 N–H and O–H groups in total. The van der Waals surface area contributed by atoms with Gasteiger partial charge in [0.15, 0.2) is 5.82 Å². The number of alkyl halides is 2. The van der Waals surface area contributed by atoms with Crippen LogP contribution in [-0.4, -0.2) is 93.8 Å². The highest BCUT2D eigenvalue weighted by atomic mass is 35.5. The lowest BCUT2D eigenvalue weighted by molar-refractivity contribution is 0.0684. The summed E-state index contributed by atoms with van der Waals surface area (Å²) in [5, 5.41) is 19.9. The first kappa shape index (κ1) is 31.5. The number of amides is 1. The Hall–Kier alpha value is -4.48. The number of aromatic nitrogens is 3. The van der Waals surface area contributed by atoms with Gasteiger partial charge in [-0.25, -0.2) is 22.4 Å². The van der Waals surface area contributed by atoms with E-state index in [9.17, 15) is 28.3 Å². The first-order chi connectivity index (χ1) is 22.2. The van der Waals surface area contributed by atoms with E-state index in [1.54, 1.807) is 28.0 Å². The fraction of sp³-hybridized carbons (Fsp3) is 0.387. The minimum atomic E-state index is -2.51. The van der Waals surface area contributed by atoms with Crippen molar-refractivity contribution in [3.05, 3.63) is 53.2 Å². The molecule has 2 aliphatic rings. The number of nitrogens with zero attached hydrogens (tertiary/aromatic N) is 7. The molecule has 10 nitrogen and oxygen atoms in total. The Morgan fingerprint density at radius 3 is 2.74 bits per heavy atom. The SMILES string of the molecule is N#CCC1CN(c2nc(OCC3CCCN3CC(F)F)nc3c(F)c(-c4cccc5ccc(F)c(Cl)c45)ncc23)CCN1C(=O)O. The number of carbonyl (C=O) groups is 1. The van der Waals surface area contributed by atoms with Crippen LogP contribution in [0.3, 0.4) is 0 Å². The smallest absolute Gasteiger partial charge is 0.407 e. The lowest BCUT2D eigenvalue weighted by Gasteiger charge is -2.39. The van der Waals surface area contributed by atoms with E-state index in [1.807, 2.05) is 6.07 Å². The molecule has 2 unspecified atom stereocenters. The number of hydrogen-bond acceptors (Lipinski definition) is 8. The van der Waals surface area contributed by atoms with Gasteiger partial charge in [-0.1, -0.05) is 35.9 Å². The van der Waals surface area contributed by atoms with Gasteiger partial charge in [0.25, 0.3) is 6.43 Å². The van der Waals surface area contributed by atoms with Crippen LogP contribution in [-0.2, 0) is 0 Å². The van der Waals surface area contributed by atoms with Crippen LogP contribution in [0.15, 0.2) is 36.5 Å². The van der Waals surface area contributed by atoms with Gasteiger partial charge in [0.1, 0.15) is 29.5 Å². The molecule has 4 aromatic rings. The molecule has 1 amide bonds. The van der Waals surface area contributed by atoms with Crippen LogP contribution in [0, 0.1) is 23.0 Å². The van der Waals surface area contributed by atoms with Crippen molar-refractivity contribution in [2.75, 3.05) is 44.2 Å². The van der Waals surface area contributed by atoms with Crippen LogP contribution >= 0.6 is 11.6 Å². The van der Waals surface area contributed by atoms with E-state index in [4.69, 9.17) is 16.3 Å². The lowest BCUT2D eigenvalue weighted by atomic mass is 10.0. The van der Waals surface area contributed by atoms with Crippen molar-refractivity contribution in [3.63, 3.8) is 0 Å². The number of piperazine rings is 1. The highest BCUT2D eigenvalue weighted by Gasteiger charge is 2.33. The quantitative estimate of drug-likeness (QED) is 0.229. The molecule has 2 aromatic carbocycles. The Labute approximate surface area is 265 Å². The predicted octanol–water partition coefficient (Wildman–Crippen LogP) is 5.97. The molecular formula is C31H28ClF4N7O3. The molecule has 46 heavy (non-hydrogen) atoms. The average Bonchev–Trinajstić information content (AvgIpc) is 3.47. The van der Waals surface area contributed by atoms with Crippen molar-refractivity contribution in [3.8, 4) is 23.3 Å². The monoisotopic (exact) mass is 657 g/mol. The minimum absolute atomic E-state index is 0.0146. The van der Waals surface area contributed by atoms with Crippen molar-refractivity contribution in [2.24, 2.45) is 0 Å². The van der Waals surface area contributed by atoms with Crippen LogP contribution in [0.2, 0.25) is 5.02 Å². The second-order valence-corrected chi connectivity index (χ2v) is 11.6. The number of fused-ring (bicyclic) bond motifs is 2. The number of ether oxygens (including phenoxy) is 1. The summed E-state index contributed by atoms with van der Waals surface area (Å²) in [5.74, 6) is -1.32. The Morgan fingerprint density at radius 2 is 1.98 bits per heavy atom. The van der Waals surface area contributed by atoms with Crippen molar-refractivity contribution in [2.45, 2.75) is 37.8 Å². The number of rotatable bonds is 8. The number of likely N-dealkylation sites (tertiary alicyclic amines) is 1. The third kappa shape index (κ3) is 6.04. The van der Waals surface area contributed by atoms with E-state index in [0.717, 1.165) is 6.42 Å². The molecule has 2 aromatic heterocycles. The van der Waals surface area contributed by atoms with Gasteiger partial charge >= 0.3 is 12.1 Å². The Bertz CT molecular complexity index is 1840. The summed E-state index contributed by atoms with van der Waals surface area (Å²) in [5.41, 5.74) is -0.0668. The highest BCUT2D eigenvalue weighted by molar-refractivity contribution is 6.36. The van der Waals surface area contributed by atoms with Gasteiger partial charge < -0.3 is 19.6 Å². The Morgan fingerprint density at radius 1 is 1.15 bits per heavy atom. The Balaban J connectivity index is 1.45. The maximum absolute atomic E-state index is 16.6. The van der Waals surface area contributed by atoms with Gasteiger partial charge in [-0.3, -0.25) is 9.88 Å². The number of nitriles is 1. The molecule has 0 saturated carbocycles. The fourth-order valence-corrected chi connectivity index (χ4v) is 6.55. The number of carboxylic acid groups (broad SMARTS) is 1. The lowest BCUT2D eigenvalue weighted by Crippen LogP contribution is -2.55. The molecular weight excluding hydrogens is 630 g/mol. The number of benzene rings is 2. The summed E-state index contributed by atoms with van der Waals surface area (Å²) in [6, 6.07) is 8.50. The summed E-state index contributed by atoms with van der Waals surface area (Å²) >= 11 is 6.33. The number of hydrogen-bond donors (Lipinski definition) is 1. The topological polar surface area (TPSA) is 119 Å². The molecule has 2 saturated heterocycles. The van der Waals surface area contributed by atoms with E-state index >= 15 is 4.39 Å². The summed E-state index contributed by atoms with van der Waals surface area (Å²) in [6.45, 7) is 0.392. The average molecular weight is 658 g/mol. The third-order valence-electron chi connectivity index (χ3n) is 8.47. The molecule has 6 rings (SSSR count). The number of anilines is 1. The maximum Gasteiger partial charge on any atom is 0.407 e. The van der Waals surface area contributed by atoms with Gasteiger partial charge in [0.2, 0.25) is 0 Å². The fourth-order valence-electron chi connectivity index (χ4n) is 6.27. The zero-order valence-corrected chi connectivity index (χ0v) is 25.1. The van der Waals surface area contributed by atoms with Crippen molar-refractivity contribution in [1.29, 1.82) is 5.26 Å². The zero-order chi connectivity index (χ0) is 32.5. The predicted molar refractivity (Wildman–Crippen MR) is 162 cm³/mol. The van der Waals surface area contributed by atoms with Gasteiger partial charge in [-0.15, -0.1) is 0 Å². The van der Waals surface area contributed by atoms with Crippen molar-refractivity contribution >= 4 is 45.2 Å². The Kier molecular flexibility index (Phi) is 8.97. The van der Waals surface area contributed by atoms with Gasteiger partial charge in [-0.2, -0.15) is 15.2 Å². The summed E-state index contributed by atoms with van der Waals surface area (Å²) < 4.78 is 63.3. The highest BCUT2D eigenvalue weighted by Crippen LogP contribution is 2.38. The molecule has 0 radical (unpaired) electrons. The van der Waals surface area contributed by atoms with Crippen molar-refractivity contribution in [1.82, 2.24) is 24.8 Å². The summed E-state index contributed by atoms with van der Waals surface area (Å²) in [6.07, 6.45) is -1.03. The molecule has 0 bridgehead atoms. The van der Waals surface area contributed by atoms with Gasteiger partial charge in [0, 0.05) is 42.8 Å². The standard InChI is InChI=1S/C31H28ClF4N7O3/c32-25-22(33)7-6-17-3-1-5-20(24(17)25)27-26(36)28-21(13-38-27)29(42-11-12-43(31(44)45)18(14-42)8-9-37)40-30(39-28)46-16-19-4-2-10-41(19)15-23(34)35/h1,3,5-7,13,18-19,23H,2,4,8,10-12,14-16H2,(H,44,45). The third-order valence-corrected chi connectivity index (χ3v) is 8.83. The first-order valence-electron chi connectivity index (χ1n) is 14.7.